The molecule has 1 rings (SSSR count). The molecule has 0 N–H and O–H groups in total. The normalized spacial score (nSPS) is 26.6. The van der Waals surface area contributed by atoms with Crippen LogP contribution in [0.2, 0.25) is 0 Å². The summed E-state index contributed by atoms with van der Waals surface area (Å²) in [5, 5.41) is 0. The molecule has 1 fully saturated rings. The first-order chi connectivity index (χ1) is 4.70. The quantitative estimate of drug-likeness (QED) is 0.492. The number of amides is 1. The van der Waals surface area contributed by atoms with Crippen LogP contribution in [0.1, 0.15) is 13.3 Å². The largest absolute Gasteiger partial charge is 0.340 e. The smallest absolute Gasteiger partial charge is 0.219 e. The predicted molar refractivity (Wildman–Crippen MR) is 36.1 cm³/mol. The summed E-state index contributed by atoms with van der Waals surface area (Å²) >= 11 is 0. The second kappa shape index (κ2) is 2.99. The van der Waals surface area contributed by atoms with E-state index in [0.717, 1.165) is 0 Å². The zero-order valence-electron chi connectivity index (χ0n) is 6.01. The Labute approximate surface area is 60.0 Å². The standard InChI is InChI=1S/C7H11FNO/c1-6(10)9-4-2-3-7(8)5-9/h3,7H,2,4-5H2,1H3/t7-/m1/s1. The van der Waals surface area contributed by atoms with Gasteiger partial charge in [0.15, 0.2) is 0 Å². The van der Waals surface area contributed by atoms with Gasteiger partial charge in [0.05, 0.1) is 6.54 Å². The third kappa shape index (κ3) is 1.69. The molecule has 1 radical (unpaired) electrons. The lowest BCUT2D eigenvalue weighted by molar-refractivity contribution is -0.130. The minimum atomic E-state index is -0.919. The van der Waals surface area contributed by atoms with Gasteiger partial charge in [-0.2, -0.15) is 0 Å². The van der Waals surface area contributed by atoms with Crippen LogP contribution in [0, 0.1) is 6.42 Å². The second-order valence-corrected chi connectivity index (χ2v) is 2.51. The van der Waals surface area contributed by atoms with E-state index in [1.165, 1.54) is 11.8 Å². The van der Waals surface area contributed by atoms with Gasteiger partial charge in [-0.15, -0.1) is 0 Å². The summed E-state index contributed by atoms with van der Waals surface area (Å²) in [6.07, 6.45) is 1.37. The lowest BCUT2D eigenvalue weighted by atomic mass is 10.1. The summed E-state index contributed by atoms with van der Waals surface area (Å²) in [6.45, 7) is 2.39. The first kappa shape index (κ1) is 7.51. The van der Waals surface area contributed by atoms with Gasteiger partial charge in [0.1, 0.15) is 6.17 Å². The molecule has 57 valence electrons. The zero-order valence-corrected chi connectivity index (χ0v) is 6.01. The van der Waals surface area contributed by atoms with Gasteiger partial charge < -0.3 is 4.90 Å². The Morgan fingerprint density at radius 2 is 2.50 bits per heavy atom. The van der Waals surface area contributed by atoms with E-state index in [-0.39, 0.29) is 12.5 Å². The molecule has 0 saturated carbocycles. The first-order valence-electron chi connectivity index (χ1n) is 3.43. The van der Waals surface area contributed by atoms with Crippen LogP contribution in [-0.2, 0) is 4.79 Å². The molecular weight excluding hydrogens is 133 g/mol. The maximum atomic E-state index is 12.5. The highest BCUT2D eigenvalue weighted by Gasteiger charge is 2.20. The summed E-state index contributed by atoms with van der Waals surface area (Å²) in [6, 6.07) is 0. The number of hydrogen-bond acceptors (Lipinski definition) is 1. The van der Waals surface area contributed by atoms with Crippen LogP contribution in [0.25, 0.3) is 0 Å². The SMILES string of the molecule is CC(=O)N1CC[CH][C@@H](F)C1. The molecule has 0 spiro atoms. The summed E-state index contributed by atoms with van der Waals surface area (Å²) < 4.78 is 12.5. The van der Waals surface area contributed by atoms with E-state index in [4.69, 9.17) is 0 Å². The van der Waals surface area contributed by atoms with Crippen LogP contribution in [0.15, 0.2) is 0 Å². The van der Waals surface area contributed by atoms with E-state index in [9.17, 15) is 9.18 Å². The Kier molecular flexibility index (Phi) is 2.25. The van der Waals surface area contributed by atoms with Gasteiger partial charge in [-0.25, -0.2) is 4.39 Å². The molecule has 1 aliphatic heterocycles. The van der Waals surface area contributed by atoms with Gasteiger partial charge >= 0.3 is 0 Å². The third-order valence-electron chi connectivity index (χ3n) is 1.66. The molecule has 0 aromatic carbocycles. The molecule has 0 aromatic heterocycles. The van der Waals surface area contributed by atoms with Crippen LogP contribution in [0.4, 0.5) is 4.39 Å². The van der Waals surface area contributed by atoms with E-state index in [1.807, 2.05) is 0 Å². The number of carbonyl (C=O) groups is 1. The highest BCUT2D eigenvalue weighted by atomic mass is 19.1. The molecule has 3 heteroatoms. The number of hydrogen-bond donors (Lipinski definition) is 0. The highest BCUT2D eigenvalue weighted by molar-refractivity contribution is 5.73. The molecular formula is C7H11FNO. The molecule has 0 unspecified atom stereocenters. The van der Waals surface area contributed by atoms with Gasteiger partial charge in [-0.05, 0) is 12.8 Å². The lowest BCUT2D eigenvalue weighted by Gasteiger charge is -2.27. The average molecular weight is 144 g/mol. The number of carbonyl (C=O) groups excluding carboxylic acids is 1. The minimum absolute atomic E-state index is 0.0317. The van der Waals surface area contributed by atoms with Crippen molar-refractivity contribution in [3.8, 4) is 0 Å². The summed E-state index contributed by atoms with van der Waals surface area (Å²) in [4.78, 5) is 12.2. The van der Waals surface area contributed by atoms with Crippen molar-refractivity contribution in [1.82, 2.24) is 4.90 Å². The molecule has 1 amide bonds. The molecule has 0 aromatic rings. The Morgan fingerprint density at radius 1 is 1.80 bits per heavy atom. The van der Waals surface area contributed by atoms with E-state index in [0.29, 0.717) is 13.0 Å². The summed E-state index contributed by atoms with van der Waals surface area (Å²) in [5.74, 6) is -0.0317. The first-order valence-corrected chi connectivity index (χ1v) is 3.43. The minimum Gasteiger partial charge on any atom is -0.340 e. The second-order valence-electron chi connectivity index (χ2n) is 2.51. The van der Waals surface area contributed by atoms with Crippen molar-refractivity contribution in [2.75, 3.05) is 13.1 Å². The van der Waals surface area contributed by atoms with Crippen molar-refractivity contribution in [1.29, 1.82) is 0 Å². The Hall–Kier alpha value is -0.600. The maximum absolute atomic E-state index is 12.5. The molecule has 1 saturated heterocycles. The fourth-order valence-corrected chi connectivity index (χ4v) is 1.07. The fourth-order valence-electron chi connectivity index (χ4n) is 1.07. The van der Waals surface area contributed by atoms with Gasteiger partial charge in [-0.1, -0.05) is 0 Å². The molecule has 1 aliphatic rings. The van der Waals surface area contributed by atoms with Crippen LogP contribution in [0.3, 0.4) is 0 Å². The lowest BCUT2D eigenvalue weighted by Crippen LogP contribution is -2.39. The van der Waals surface area contributed by atoms with Crippen LogP contribution < -0.4 is 0 Å². The maximum Gasteiger partial charge on any atom is 0.219 e. The topological polar surface area (TPSA) is 20.3 Å². The molecule has 0 bridgehead atoms. The summed E-state index contributed by atoms with van der Waals surface area (Å²) in [5.41, 5.74) is 0. The van der Waals surface area contributed by atoms with Crippen molar-refractivity contribution in [2.24, 2.45) is 0 Å². The van der Waals surface area contributed by atoms with Crippen molar-refractivity contribution >= 4 is 5.91 Å². The molecule has 10 heavy (non-hydrogen) atoms. The van der Waals surface area contributed by atoms with Gasteiger partial charge in [0, 0.05) is 13.5 Å². The van der Waals surface area contributed by atoms with E-state index >= 15 is 0 Å². The van der Waals surface area contributed by atoms with Crippen LogP contribution >= 0.6 is 0 Å². The zero-order chi connectivity index (χ0) is 7.56. The Balaban J connectivity index is 2.39. The number of piperidine rings is 1. The molecule has 1 heterocycles. The van der Waals surface area contributed by atoms with E-state index < -0.39 is 6.17 Å². The van der Waals surface area contributed by atoms with Crippen molar-refractivity contribution in [3.05, 3.63) is 6.42 Å². The van der Waals surface area contributed by atoms with Crippen molar-refractivity contribution in [3.63, 3.8) is 0 Å². The average Bonchev–Trinajstić information content (AvgIpc) is 1.88. The van der Waals surface area contributed by atoms with Crippen LogP contribution in [0.5, 0.6) is 0 Å². The monoisotopic (exact) mass is 144 g/mol. The third-order valence-corrected chi connectivity index (χ3v) is 1.66. The number of rotatable bonds is 0. The number of nitrogens with zero attached hydrogens (tertiary/aromatic N) is 1. The number of alkyl halides is 1. The summed E-state index contributed by atoms with van der Waals surface area (Å²) in [7, 11) is 0. The molecule has 2 nitrogen and oxygen atoms in total. The molecule has 0 aliphatic carbocycles. The Bertz CT molecular complexity index is 138. The van der Waals surface area contributed by atoms with Gasteiger partial charge in [0.25, 0.3) is 0 Å². The fraction of sp³-hybridized carbons (Fsp3) is 0.714. The predicted octanol–water partition coefficient (Wildman–Crippen LogP) is 0.781. The van der Waals surface area contributed by atoms with Gasteiger partial charge in [0.2, 0.25) is 5.91 Å². The van der Waals surface area contributed by atoms with Crippen molar-refractivity contribution < 1.29 is 9.18 Å². The number of halogens is 1. The van der Waals surface area contributed by atoms with Crippen molar-refractivity contribution in [2.45, 2.75) is 19.5 Å². The van der Waals surface area contributed by atoms with Crippen LogP contribution in [-0.4, -0.2) is 30.1 Å². The van der Waals surface area contributed by atoms with E-state index in [1.54, 1.807) is 6.42 Å². The highest BCUT2D eigenvalue weighted by Crippen LogP contribution is 2.11. The van der Waals surface area contributed by atoms with Gasteiger partial charge in [-0.3, -0.25) is 4.79 Å². The molecule has 1 atom stereocenters. The number of likely N-dealkylation sites (tertiary alicyclic amines) is 1. The van der Waals surface area contributed by atoms with E-state index in [2.05, 4.69) is 0 Å². The Morgan fingerprint density at radius 3 is 2.90 bits per heavy atom.